The molecule has 1 aromatic rings. The summed E-state index contributed by atoms with van der Waals surface area (Å²) in [6.45, 7) is 7.12. The molecule has 1 N–H and O–H groups in total. The van der Waals surface area contributed by atoms with Crippen molar-refractivity contribution in [3.05, 3.63) is 29.8 Å². The molecule has 116 valence electrons. The first-order chi connectivity index (χ1) is 9.83. The minimum Gasteiger partial charge on any atom is -0.508 e. The number of aromatic hydroxyl groups is 1. The number of nitrogens with zero attached hydrogens (tertiary/aromatic N) is 1. The van der Waals surface area contributed by atoms with Gasteiger partial charge in [0.1, 0.15) is 11.4 Å². The van der Waals surface area contributed by atoms with Crippen molar-refractivity contribution < 1.29 is 19.4 Å². The van der Waals surface area contributed by atoms with Gasteiger partial charge in [-0.1, -0.05) is 12.1 Å². The van der Waals surface area contributed by atoms with E-state index in [0.29, 0.717) is 26.1 Å². The number of carbonyl (C=O) groups excluding carboxylic acids is 1. The lowest BCUT2D eigenvalue weighted by atomic mass is 10.1. The topological polar surface area (TPSA) is 59.0 Å². The second-order valence-corrected chi connectivity index (χ2v) is 6.29. The third-order valence-electron chi connectivity index (χ3n) is 3.16. The van der Waals surface area contributed by atoms with Gasteiger partial charge >= 0.3 is 6.09 Å². The van der Waals surface area contributed by atoms with E-state index in [9.17, 15) is 9.90 Å². The monoisotopic (exact) mass is 293 g/mol. The summed E-state index contributed by atoms with van der Waals surface area (Å²) in [5, 5.41) is 9.48. The predicted molar refractivity (Wildman–Crippen MR) is 79.4 cm³/mol. The van der Waals surface area contributed by atoms with Gasteiger partial charge in [-0.25, -0.2) is 4.79 Å². The van der Waals surface area contributed by atoms with Crippen molar-refractivity contribution in [3.63, 3.8) is 0 Å². The highest BCUT2D eigenvalue weighted by Crippen LogP contribution is 2.17. The first kappa shape index (κ1) is 15.6. The lowest BCUT2D eigenvalue weighted by Crippen LogP contribution is -2.48. The highest BCUT2D eigenvalue weighted by molar-refractivity contribution is 5.68. The van der Waals surface area contributed by atoms with Crippen LogP contribution in [-0.4, -0.2) is 47.5 Å². The van der Waals surface area contributed by atoms with Crippen LogP contribution >= 0.6 is 0 Å². The van der Waals surface area contributed by atoms with Crippen molar-refractivity contribution >= 4 is 6.09 Å². The van der Waals surface area contributed by atoms with Gasteiger partial charge in [-0.15, -0.1) is 0 Å². The second-order valence-electron chi connectivity index (χ2n) is 6.29. The molecule has 1 aromatic carbocycles. The number of morpholine rings is 1. The van der Waals surface area contributed by atoms with Crippen molar-refractivity contribution in [1.82, 2.24) is 4.90 Å². The van der Waals surface area contributed by atoms with E-state index in [1.165, 1.54) is 0 Å². The maximum atomic E-state index is 12.1. The molecule has 0 bridgehead atoms. The molecule has 0 saturated carbocycles. The van der Waals surface area contributed by atoms with Gasteiger partial charge in [0.05, 0.1) is 19.3 Å². The summed E-state index contributed by atoms with van der Waals surface area (Å²) in [4.78, 5) is 13.8. The highest BCUT2D eigenvalue weighted by atomic mass is 16.6. The Hall–Kier alpha value is -1.75. The van der Waals surface area contributed by atoms with Gasteiger partial charge < -0.3 is 19.5 Å². The van der Waals surface area contributed by atoms with Crippen LogP contribution in [0.25, 0.3) is 0 Å². The summed E-state index contributed by atoms with van der Waals surface area (Å²) >= 11 is 0. The Balaban J connectivity index is 1.93. The molecule has 0 aromatic heterocycles. The largest absolute Gasteiger partial charge is 0.508 e. The number of hydrogen-bond acceptors (Lipinski definition) is 4. The molecule has 1 unspecified atom stereocenters. The fraction of sp³-hybridized carbons (Fsp3) is 0.562. The summed E-state index contributed by atoms with van der Waals surface area (Å²) in [5.74, 6) is 0.243. The van der Waals surface area contributed by atoms with E-state index in [1.54, 1.807) is 23.1 Å². The lowest BCUT2D eigenvalue weighted by molar-refractivity contribution is -0.0415. The van der Waals surface area contributed by atoms with E-state index in [4.69, 9.17) is 9.47 Å². The third-order valence-corrected chi connectivity index (χ3v) is 3.16. The predicted octanol–water partition coefficient (Wildman–Crippen LogP) is 2.57. The summed E-state index contributed by atoms with van der Waals surface area (Å²) in [6.07, 6.45) is 0.285. The van der Waals surface area contributed by atoms with E-state index in [0.717, 1.165) is 5.56 Å². The van der Waals surface area contributed by atoms with Gasteiger partial charge in [0.25, 0.3) is 0 Å². The Morgan fingerprint density at radius 1 is 1.48 bits per heavy atom. The first-order valence-electron chi connectivity index (χ1n) is 7.21. The second kappa shape index (κ2) is 6.35. The van der Waals surface area contributed by atoms with Crippen molar-refractivity contribution in [2.24, 2.45) is 0 Å². The summed E-state index contributed by atoms with van der Waals surface area (Å²) in [7, 11) is 0. The average molecular weight is 293 g/mol. The molecule has 1 saturated heterocycles. The van der Waals surface area contributed by atoms with Gasteiger partial charge in [0.2, 0.25) is 0 Å². The van der Waals surface area contributed by atoms with Crippen molar-refractivity contribution in [2.45, 2.75) is 38.9 Å². The number of rotatable bonds is 2. The van der Waals surface area contributed by atoms with Crippen LogP contribution in [-0.2, 0) is 15.9 Å². The van der Waals surface area contributed by atoms with Gasteiger partial charge in [-0.05, 0) is 38.5 Å². The van der Waals surface area contributed by atoms with E-state index in [-0.39, 0.29) is 17.9 Å². The lowest BCUT2D eigenvalue weighted by Gasteiger charge is -2.34. The van der Waals surface area contributed by atoms with E-state index in [1.807, 2.05) is 26.8 Å². The number of phenolic OH excluding ortho intramolecular Hbond substituents is 1. The number of phenols is 1. The molecule has 2 rings (SSSR count). The number of amides is 1. The molecule has 1 fully saturated rings. The average Bonchev–Trinajstić information content (AvgIpc) is 2.37. The molecule has 0 radical (unpaired) electrons. The van der Waals surface area contributed by atoms with Gasteiger partial charge in [-0.3, -0.25) is 0 Å². The molecule has 1 heterocycles. The van der Waals surface area contributed by atoms with Crippen LogP contribution in [0.4, 0.5) is 4.79 Å². The van der Waals surface area contributed by atoms with Crippen molar-refractivity contribution in [3.8, 4) is 5.75 Å². The van der Waals surface area contributed by atoms with Crippen LogP contribution in [0.15, 0.2) is 24.3 Å². The summed E-state index contributed by atoms with van der Waals surface area (Å²) < 4.78 is 11.1. The molecule has 1 amide bonds. The van der Waals surface area contributed by atoms with Crippen LogP contribution in [0.1, 0.15) is 26.3 Å². The van der Waals surface area contributed by atoms with Crippen LogP contribution < -0.4 is 0 Å². The normalized spacial score (nSPS) is 19.4. The molecule has 5 heteroatoms. The zero-order valence-electron chi connectivity index (χ0n) is 12.8. The van der Waals surface area contributed by atoms with Crippen LogP contribution in [0.2, 0.25) is 0 Å². The Kier molecular flexibility index (Phi) is 4.73. The Morgan fingerprint density at radius 3 is 2.90 bits per heavy atom. The van der Waals surface area contributed by atoms with E-state index >= 15 is 0 Å². The number of benzene rings is 1. The van der Waals surface area contributed by atoms with E-state index in [2.05, 4.69) is 0 Å². The summed E-state index contributed by atoms with van der Waals surface area (Å²) in [6, 6.07) is 7.10. The molecule has 0 aliphatic carbocycles. The minimum absolute atomic E-state index is 0.0759. The minimum atomic E-state index is -0.490. The zero-order valence-corrected chi connectivity index (χ0v) is 12.8. The van der Waals surface area contributed by atoms with Gasteiger partial charge in [-0.2, -0.15) is 0 Å². The molecule has 1 atom stereocenters. The third kappa shape index (κ3) is 4.93. The van der Waals surface area contributed by atoms with Crippen LogP contribution in [0.5, 0.6) is 5.75 Å². The molecule has 21 heavy (non-hydrogen) atoms. The summed E-state index contributed by atoms with van der Waals surface area (Å²) in [5.41, 5.74) is 0.502. The van der Waals surface area contributed by atoms with Crippen molar-refractivity contribution in [2.75, 3.05) is 19.7 Å². The van der Waals surface area contributed by atoms with E-state index < -0.39 is 5.60 Å². The van der Waals surface area contributed by atoms with Crippen molar-refractivity contribution in [1.29, 1.82) is 0 Å². The molecular weight excluding hydrogens is 270 g/mol. The van der Waals surface area contributed by atoms with Gasteiger partial charge in [0.15, 0.2) is 0 Å². The Labute approximate surface area is 125 Å². The zero-order chi connectivity index (χ0) is 15.5. The fourth-order valence-electron chi connectivity index (χ4n) is 2.28. The first-order valence-corrected chi connectivity index (χ1v) is 7.21. The van der Waals surface area contributed by atoms with Gasteiger partial charge in [0, 0.05) is 13.0 Å². The number of ether oxygens (including phenoxy) is 2. The van der Waals surface area contributed by atoms with Crippen LogP contribution in [0, 0.1) is 0 Å². The quantitative estimate of drug-likeness (QED) is 0.910. The van der Waals surface area contributed by atoms with Crippen LogP contribution in [0.3, 0.4) is 0 Å². The smallest absolute Gasteiger partial charge is 0.410 e. The standard InChI is InChI=1S/C16H23NO4/c1-16(2,3)21-15(19)17-7-8-20-14(11-17)10-12-5-4-6-13(18)9-12/h4-6,9,14,18H,7-8,10-11H2,1-3H3. The maximum absolute atomic E-state index is 12.1. The molecule has 0 spiro atoms. The number of carbonyl (C=O) groups is 1. The molecule has 1 aliphatic heterocycles. The SMILES string of the molecule is CC(C)(C)OC(=O)N1CCOC(Cc2cccc(O)c2)C1. The molecule has 5 nitrogen and oxygen atoms in total. The Bertz CT molecular complexity index is 495. The molecular formula is C16H23NO4. The fourth-order valence-corrected chi connectivity index (χ4v) is 2.28. The Morgan fingerprint density at radius 2 is 2.24 bits per heavy atom. The number of hydrogen-bond donors (Lipinski definition) is 1. The molecule has 1 aliphatic rings. The highest BCUT2D eigenvalue weighted by Gasteiger charge is 2.28. The maximum Gasteiger partial charge on any atom is 0.410 e.